The van der Waals surface area contributed by atoms with Crippen LogP contribution in [0.25, 0.3) is 11.1 Å². The van der Waals surface area contributed by atoms with Crippen molar-refractivity contribution in [3.63, 3.8) is 0 Å². The second-order valence-electron chi connectivity index (χ2n) is 4.66. The van der Waals surface area contributed by atoms with Crippen LogP contribution >= 0.6 is 0 Å². The molecule has 0 aliphatic rings. The molecule has 0 bridgehead atoms. The standard InChI is InChI=1S/C17H19NO3/c1-3-9-21-16-8-7-13(11-15(16)17(18)19)12-5-4-6-14(10-12)20-2/h4-8,10-11H,3,9H2,1-2H3,(H2,18,19). The van der Waals surface area contributed by atoms with Gasteiger partial charge in [-0.2, -0.15) is 0 Å². The lowest BCUT2D eigenvalue weighted by atomic mass is 10.0. The fourth-order valence-corrected chi connectivity index (χ4v) is 2.04. The van der Waals surface area contributed by atoms with E-state index in [1.54, 1.807) is 19.2 Å². The molecule has 2 N–H and O–H groups in total. The summed E-state index contributed by atoms with van der Waals surface area (Å²) in [5.74, 6) is 0.793. The van der Waals surface area contributed by atoms with E-state index in [0.29, 0.717) is 17.9 Å². The van der Waals surface area contributed by atoms with Crippen LogP contribution in [-0.4, -0.2) is 19.6 Å². The largest absolute Gasteiger partial charge is 0.497 e. The van der Waals surface area contributed by atoms with Crippen molar-refractivity contribution in [3.8, 4) is 22.6 Å². The fraction of sp³-hybridized carbons (Fsp3) is 0.235. The van der Waals surface area contributed by atoms with Gasteiger partial charge in [0.25, 0.3) is 5.91 Å². The molecule has 1 amide bonds. The molecule has 4 nitrogen and oxygen atoms in total. The molecule has 0 heterocycles. The SMILES string of the molecule is CCCOc1ccc(-c2cccc(OC)c2)cc1C(N)=O. The maximum absolute atomic E-state index is 11.6. The lowest BCUT2D eigenvalue weighted by molar-refractivity contribution is 0.0996. The van der Waals surface area contributed by atoms with Gasteiger partial charge in [0.15, 0.2) is 0 Å². The van der Waals surface area contributed by atoms with E-state index in [2.05, 4.69) is 0 Å². The Hall–Kier alpha value is -2.49. The van der Waals surface area contributed by atoms with Gasteiger partial charge in [-0.25, -0.2) is 0 Å². The molecule has 0 aliphatic carbocycles. The minimum atomic E-state index is -0.495. The van der Waals surface area contributed by atoms with E-state index in [1.807, 2.05) is 37.3 Å². The maximum Gasteiger partial charge on any atom is 0.252 e. The Bertz CT molecular complexity index is 638. The molecule has 0 saturated carbocycles. The zero-order valence-electron chi connectivity index (χ0n) is 12.3. The number of amides is 1. The Morgan fingerprint density at radius 1 is 1.14 bits per heavy atom. The first kappa shape index (κ1) is 14.9. The monoisotopic (exact) mass is 285 g/mol. The van der Waals surface area contributed by atoms with Gasteiger partial charge in [-0.1, -0.05) is 25.1 Å². The number of carbonyl (C=O) groups excluding carboxylic acids is 1. The highest BCUT2D eigenvalue weighted by molar-refractivity contribution is 5.97. The first-order valence-electron chi connectivity index (χ1n) is 6.86. The van der Waals surface area contributed by atoms with E-state index < -0.39 is 5.91 Å². The van der Waals surface area contributed by atoms with Crippen LogP contribution in [0.15, 0.2) is 42.5 Å². The van der Waals surface area contributed by atoms with Gasteiger partial charge in [0.2, 0.25) is 0 Å². The quantitative estimate of drug-likeness (QED) is 0.886. The number of methoxy groups -OCH3 is 1. The molecule has 0 atom stereocenters. The van der Waals surface area contributed by atoms with Crippen molar-refractivity contribution in [2.24, 2.45) is 5.73 Å². The van der Waals surface area contributed by atoms with Crippen molar-refractivity contribution in [1.29, 1.82) is 0 Å². The average Bonchev–Trinajstić information content (AvgIpc) is 2.52. The van der Waals surface area contributed by atoms with Crippen LogP contribution in [0.2, 0.25) is 0 Å². The van der Waals surface area contributed by atoms with E-state index in [9.17, 15) is 4.79 Å². The van der Waals surface area contributed by atoms with Gasteiger partial charge in [-0.05, 0) is 41.8 Å². The summed E-state index contributed by atoms with van der Waals surface area (Å²) >= 11 is 0. The Labute approximate surface area is 124 Å². The van der Waals surface area contributed by atoms with E-state index in [-0.39, 0.29) is 0 Å². The highest BCUT2D eigenvalue weighted by Gasteiger charge is 2.11. The maximum atomic E-state index is 11.6. The summed E-state index contributed by atoms with van der Waals surface area (Å²) in [4.78, 5) is 11.6. The number of hydrogen-bond acceptors (Lipinski definition) is 3. The molecule has 0 aromatic heterocycles. The fourth-order valence-electron chi connectivity index (χ4n) is 2.04. The summed E-state index contributed by atoms with van der Waals surface area (Å²) in [6.45, 7) is 2.56. The number of nitrogens with two attached hydrogens (primary N) is 1. The van der Waals surface area contributed by atoms with Crippen LogP contribution in [0, 0.1) is 0 Å². The molecule has 2 aromatic carbocycles. The Morgan fingerprint density at radius 2 is 1.90 bits per heavy atom. The zero-order valence-corrected chi connectivity index (χ0v) is 12.3. The first-order valence-corrected chi connectivity index (χ1v) is 6.86. The zero-order chi connectivity index (χ0) is 15.2. The van der Waals surface area contributed by atoms with Crippen molar-refractivity contribution in [2.45, 2.75) is 13.3 Å². The van der Waals surface area contributed by atoms with Crippen LogP contribution in [-0.2, 0) is 0 Å². The van der Waals surface area contributed by atoms with Crippen LogP contribution < -0.4 is 15.2 Å². The molecule has 4 heteroatoms. The number of primary amides is 1. The highest BCUT2D eigenvalue weighted by atomic mass is 16.5. The molecule has 21 heavy (non-hydrogen) atoms. The molecule has 0 radical (unpaired) electrons. The summed E-state index contributed by atoms with van der Waals surface area (Å²) in [6, 6.07) is 13.1. The lowest BCUT2D eigenvalue weighted by Gasteiger charge is -2.11. The van der Waals surface area contributed by atoms with Crippen LogP contribution in [0.1, 0.15) is 23.7 Å². The lowest BCUT2D eigenvalue weighted by Crippen LogP contribution is -2.13. The number of carbonyl (C=O) groups is 1. The third-order valence-electron chi connectivity index (χ3n) is 3.11. The predicted octanol–water partition coefficient (Wildman–Crippen LogP) is 3.25. The number of benzene rings is 2. The third-order valence-corrected chi connectivity index (χ3v) is 3.11. The van der Waals surface area contributed by atoms with E-state index in [0.717, 1.165) is 23.3 Å². The first-order chi connectivity index (χ1) is 10.2. The van der Waals surface area contributed by atoms with E-state index in [4.69, 9.17) is 15.2 Å². The third kappa shape index (κ3) is 3.54. The van der Waals surface area contributed by atoms with Crippen molar-refractivity contribution >= 4 is 5.91 Å². The molecule has 0 saturated heterocycles. The summed E-state index contributed by atoms with van der Waals surface area (Å²) in [5, 5.41) is 0. The smallest absolute Gasteiger partial charge is 0.252 e. The summed E-state index contributed by atoms with van der Waals surface area (Å²) in [6.07, 6.45) is 0.871. The molecule has 0 spiro atoms. The summed E-state index contributed by atoms with van der Waals surface area (Å²) < 4.78 is 10.8. The average molecular weight is 285 g/mol. The molecular weight excluding hydrogens is 266 g/mol. The number of hydrogen-bond donors (Lipinski definition) is 1. The second kappa shape index (κ2) is 6.79. The highest BCUT2D eigenvalue weighted by Crippen LogP contribution is 2.28. The molecule has 0 fully saturated rings. The van der Waals surface area contributed by atoms with Gasteiger partial charge in [-0.15, -0.1) is 0 Å². The molecule has 110 valence electrons. The minimum absolute atomic E-state index is 0.392. The topological polar surface area (TPSA) is 61.6 Å². The Balaban J connectivity index is 2.41. The Morgan fingerprint density at radius 3 is 2.57 bits per heavy atom. The summed E-state index contributed by atoms with van der Waals surface area (Å²) in [5.41, 5.74) is 7.69. The number of rotatable bonds is 6. The predicted molar refractivity (Wildman–Crippen MR) is 82.7 cm³/mol. The van der Waals surface area contributed by atoms with Crippen LogP contribution in [0.4, 0.5) is 0 Å². The summed E-state index contributed by atoms with van der Waals surface area (Å²) in [7, 11) is 1.62. The van der Waals surface area contributed by atoms with E-state index in [1.165, 1.54) is 0 Å². The minimum Gasteiger partial charge on any atom is -0.497 e. The number of ether oxygens (including phenoxy) is 2. The van der Waals surface area contributed by atoms with Gasteiger partial charge in [0, 0.05) is 0 Å². The Kier molecular flexibility index (Phi) is 4.82. The van der Waals surface area contributed by atoms with Crippen molar-refractivity contribution < 1.29 is 14.3 Å². The second-order valence-corrected chi connectivity index (χ2v) is 4.66. The van der Waals surface area contributed by atoms with Crippen LogP contribution in [0.5, 0.6) is 11.5 Å². The van der Waals surface area contributed by atoms with Gasteiger partial charge < -0.3 is 15.2 Å². The molecule has 0 unspecified atom stereocenters. The van der Waals surface area contributed by atoms with Gasteiger partial charge >= 0.3 is 0 Å². The van der Waals surface area contributed by atoms with Crippen molar-refractivity contribution in [2.75, 3.05) is 13.7 Å². The van der Waals surface area contributed by atoms with Crippen molar-refractivity contribution in [1.82, 2.24) is 0 Å². The van der Waals surface area contributed by atoms with Crippen LogP contribution in [0.3, 0.4) is 0 Å². The molecular formula is C17H19NO3. The normalized spacial score (nSPS) is 10.2. The van der Waals surface area contributed by atoms with Gasteiger partial charge in [-0.3, -0.25) is 4.79 Å². The van der Waals surface area contributed by atoms with E-state index >= 15 is 0 Å². The molecule has 2 rings (SSSR count). The van der Waals surface area contributed by atoms with Crippen molar-refractivity contribution in [3.05, 3.63) is 48.0 Å². The van der Waals surface area contributed by atoms with Gasteiger partial charge in [0.05, 0.1) is 19.3 Å². The van der Waals surface area contributed by atoms with Gasteiger partial charge in [0.1, 0.15) is 11.5 Å². The molecule has 2 aromatic rings. The molecule has 0 aliphatic heterocycles.